The van der Waals surface area contributed by atoms with E-state index in [0.717, 1.165) is 5.56 Å². The van der Waals surface area contributed by atoms with Crippen molar-refractivity contribution in [3.63, 3.8) is 0 Å². The molecule has 19 heavy (non-hydrogen) atoms. The number of aromatic nitrogens is 3. The van der Waals surface area contributed by atoms with Crippen LogP contribution in [-0.2, 0) is 17.8 Å². The number of amides is 1. The lowest BCUT2D eigenvalue weighted by molar-refractivity contribution is -0.120. The molecule has 0 aliphatic carbocycles. The van der Waals surface area contributed by atoms with Gasteiger partial charge in [0.25, 0.3) is 0 Å². The van der Waals surface area contributed by atoms with Crippen molar-refractivity contribution < 1.29 is 4.79 Å². The SMILES string of the molecule is O=C(Cc1ccc(Cl)c(Cl)c1)NCc1ncncn1. The molecule has 0 saturated heterocycles. The fourth-order valence-electron chi connectivity index (χ4n) is 1.43. The molecule has 7 heteroatoms. The van der Waals surface area contributed by atoms with Crippen LogP contribution in [0.2, 0.25) is 10.0 Å². The van der Waals surface area contributed by atoms with Gasteiger partial charge >= 0.3 is 0 Å². The molecule has 2 rings (SSSR count). The summed E-state index contributed by atoms with van der Waals surface area (Å²) in [6, 6.07) is 5.10. The summed E-state index contributed by atoms with van der Waals surface area (Å²) >= 11 is 11.7. The van der Waals surface area contributed by atoms with Crippen molar-refractivity contribution in [2.75, 3.05) is 0 Å². The van der Waals surface area contributed by atoms with E-state index in [1.54, 1.807) is 18.2 Å². The second kappa shape index (κ2) is 6.45. The Morgan fingerprint density at radius 1 is 1.16 bits per heavy atom. The van der Waals surface area contributed by atoms with Crippen LogP contribution in [-0.4, -0.2) is 20.9 Å². The second-order valence-electron chi connectivity index (χ2n) is 3.76. The molecule has 1 amide bonds. The van der Waals surface area contributed by atoms with Crippen molar-refractivity contribution in [1.82, 2.24) is 20.3 Å². The quantitative estimate of drug-likeness (QED) is 0.937. The van der Waals surface area contributed by atoms with Crippen molar-refractivity contribution in [2.45, 2.75) is 13.0 Å². The molecular weight excluding hydrogens is 287 g/mol. The van der Waals surface area contributed by atoms with Crippen LogP contribution < -0.4 is 5.32 Å². The molecule has 2 aromatic rings. The molecule has 5 nitrogen and oxygen atoms in total. The van der Waals surface area contributed by atoms with Gasteiger partial charge in [-0.3, -0.25) is 4.79 Å². The predicted molar refractivity (Wildman–Crippen MR) is 71.8 cm³/mol. The summed E-state index contributed by atoms with van der Waals surface area (Å²) in [6.07, 6.45) is 2.99. The van der Waals surface area contributed by atoms with Crippen LogP contribution in [0.25, 0.3) is 0 Å². The Labute approximate surface area is 120 Å². The van der Waals surface area contributed by atoms with Crippen molar-refractivity contribution in [2.24, 2.45) is 0 Å². The minimum absolute atomic E-state index is 0.140. The summed E-state index contributed by atoms with van der Waals surface area (Å²) in [5.74, 6) is 0.372. The Kier molecular flexibility index (Phi) is 4.65. The third-order valence-corrected chi connectivity index (χ3v) is 3.08. The number of hydrogen-bond acceptors (Lipinski definition) is 4. The molecule has 1 aromatic heterocycles. The Hall–Kier alpha value is -1.72. The zero-order chi connectivity index (χ0) is 13.7. The van der Waals surface area contributed by atoms with Gasteiger partial charge in [0.2, 0.25) is 5.91 Å². The number of benzene rings is 1. The van der Waals surface area contributed by atoms with Gasteiger partial charge in [-0.1, -0.05) is 29.3 Å². The summed E-state index contributed by atoms with van der Waals surface area (Å²) in [4.78, 5) is 23.2. The van der Waals surface area contributed by atoms with Crippen LogP contribution >= 0.6 is 23.2 Å². The van der Waals surface area contributed by atoms with Crippen LogP contribution in [0.4, 0.5) is 0 Å². The number of hydrogen-bond donors (Lipinski definition) is 1. The van der Waals surface area contributed by atoms with Crippen LogP contribution in [0.3, 0.4) is 0 Å². The fourth-order valence-corrected chi connectivity index (χ4v) is 1.75. The molecule has 1 aromatic carbocycles. The van der Waals surface area contributed by atoms with E-state index >= 15 is 0 Å². The Morgan fingerprint density at radius 3 is 2.58 bits per heavy atom. The molecular formula is C12H10Cl2N4O. The number of nitrogens with one attached hydrogen (secondary N) is 1. The zero-order valence-electron chi connectivity index (χ0n) is 9.81. The van der Waals surface area contributed by atoms with Gasteiger partial charge in [0.1, 0.15) is 12.7 Å². The number of carbonyl (C=O) groups is 1. The highest BCUT2D eigenvalue weighted by Gasteiger charge is 2.06. The molecule has 0 bridgehead atoms. The van der Waals surface area contributed by atoms with Gasteiger partial charge in [-0.05, 0) is 17.7 Å². The van der Waals surface area contributed by atoms with Gasteiger partial charge in [-0.25, -0.2) is 15.0 Å². The van der Waals surface area contributed by atoms with E-state index in [1.807, 2.05) is 0 Å². The third kappa shape index (κ3) is 4.15. The van der Waals surface area contributed by atoms with Crippen LogP contribution in [0.1, 0.15) is 11.4 Å². The van der Waals surface area contributed by atoms with E-state index in [2.05, 4.69) is 20.3 Å². The van der Waals surface area contributed by atoms with Crippen molar-refractivity contribution >= 4 is 29.1 Å². The Balaban J connectivity index is 1.89. The lowest BCUT2D eigenvalue weighted by Crippen LogP contribution is -2.25. The van der Waals surface area contributed by atoms with E-state index in [0.29, 0.717) is 15.9 Å². The van der Waals surface area contributed by atoms with E-state index in [1.165, 1.54) is 12.7 Å². The molecule has 0 saturated carbocycles. The highest BCUT2D eigenvalue weighted by atomic mass is 35.5. The van der Waals surface area contributed by atoms with Gasteiger partial charge < -0.3 is 5.32 Å². The molecule has 1 heterocycles. The normalized spacial score (nSPS) is 10.2. The monoisotopic (exact) mass is 296 g/mol. The summed E-state index contributed by atoms with van der Waals surface area (Å²) in [5.41, 5.74) is 0.794. The van der Waals surface area contributed by atoms with E-state index in [4.69, 9.17) is 23.2 Å². The van der Waals surface area contributed by atoms with Crippen LogP contribution in [0.5, 0.6) is 0 Å². The number of carbonyl (C=O) groups excluding carboxylic acids is 1. The highest BCUT2D eigenvalue weighted by molar-refractivity contribution is 6.42. The number of halogens is 2. The van der Waals surface area contributed by atoms with Gasteiger partial charge in [-0.15, -0.1) is 0 Å². The maximum absolute atomic E-state index is 11.7. The van der Waals surface area contributed by atoms with E-state index < -0.39 is 0 Å². The largest absolute Gasteiger partial charge is 0.349 e. The minimum atomic E-state index is -0.140. The summed E-state index contributed by atoms with van der Waals surface area (Å²) in [5, 5.41) is 3.62. The Bertz CT molecular complexity index is 577. The number of nitrogens with zero attached hydrogens (tertiary/aromatic N) is 3. The average molecular weight is 297 g/mol. The van der Waals surface area contributed by atoms with Crippen molar-refractivity contribution in [3.05, 3.63) is 52.3 Å². The van der Waals surface area contributed by atoms with Crippen molar-refractivity contribution in [1.29, 1.82) is 0 Å². The first kappa shape index (κ1) is 13.7. The molecule has 1 N–H and O–H groups in total. The van der Waals surface area contributed by atoms with Gasteiger partial charge in [-0.2, -0.15) is 0 Å². The lowest BCUT2D eigenvalue weighted by Gasteiger charge is -2.05. The lowest BCUT2D eigenvalue weighted by atomic mass is 10.1. The maximum Gasteiger partial charge on any atom is 0.224 e. The topological polar surface area (TPSA) is 67.8 Å². The molecule has 0 aliphatic rings. The average Bonchev–Trinajstić information content (AvgIpc) is 2.42. The van der Waals surface area contributed by atoms with E-state index in [9.17, 15) is 4.79 Å². The molecule has 0 fully saturated rings. The van der Waals surface area contributed by atoms with Gasteiger partial charge in [0, 0.05) is 0 Å². The number of rotatable bonds is 4. The van der Waals surface area contributed by atoms with Gasteiger partial charge in [0.15, 0.2) is 5.82 Å². The highest BCUT2D eigenvalue weighted by Crippen LogP contribution is 2.22. The third-order valence-electron chi connectivity index (χ3n) is 2.34. The van der Waals surface area contributed by atoms with Crippen LogP contribution in [0.15, 0.2) is 30.9 Å². The van der Waals surface area contributed by atoms with Crippen molar-refractivity contribution in [3.8, 4) is 0 Å². The predicted octanol–water partition coefficient (Wildman–Crippen LogP) is 2.04. The fraction of sp³-hybridized carbons (Fsp3) is 0.167. The molecule has 0 spiro atoms. The summed E-state index contributed by atoms with van der Waals surface area (Å²) in [7, 11) is 0. The minimum Gasteiger partial charge on any atom is -0.349 e. The maximum atomic E-state index is 11.7. The van der Waals surface area contributed by atoms with Crippen LogP contribution in [0, 0.1) is 0 Å². The molecule has 0 aliphatic heterocycles. The van der Waals surface area contributed by atoms with Gasteiger partial charge in [0.05, 0.1) is 23.0 Å². The summed E-state index contributed by atoms with van der Waals surface area (Å²) in [6.45, 7) is 0.267. The molecule has 0 atom stereocenters. The molecule has 98 valence electrons. The first-order valence-electron chi connectivity index (χ1n) is 5.46. The standard InChI is InChI=1S/C12H10Cl2N4O/c13-9-2-1-8(3-10(9)14)4-12(19)16-5-11-17-6-15-7-18-11/h1-3,6-7H,4-5H2,(H,16,19). The smallest absolute Gasteiger partial charge is 0.224 e. The van der Waals surface area contributed by atoms with E-state index in [-0.39, 0.29) is 18.9 Å². The zero-order valence-corrected chi connectivity index (χ0v) is 11.3. The molecule has 0 radical (unpaired) electrons. The summed E-state index contributed by atoms with van der Waals surface area (Å²) < 4.78 is 0. The first-order valence-corrected chi connectivity index (χ1v) is 6.22. The second-order valence-corrected chi connectivity index (χ2v) is 4.57. The molecule has 0 unspecified atom stereocenters. The Morgan fingerprint density at radius 2 is 1.89 bits per heavy atom. The first-order chi connectivity index (χ1) is 9.15.